The van der Waals surface area contributed by atoms with Crippen molar-refractivity contribution >= 4 is 11.0 Å². The third-order valence-electron chi connectivity index (χ3n) is 5.14. The van der Waals surface area contributed by atoms with Crippen molar-refractivity contribution in [3.8, 4) is 0 Å². The number of nitrogens with one attached hydrogen (secondary N) is 1. The lowest BCUT2D eigenvalue weighted by Crippen LogP contribution is -2.33. The summed E-state index contributed by atoms with van der Waals surface area (Å²) in [6, 6.07) is 8.62. The summed E-state index contributed by atoms with van der Waals surface area (Å²) in [7, 11) is 0. The Morgan fingerprint density at radius 1 is 1.14 bits per heavy atom. The number of hydrogen-bond donors (Lipinski definition) is 1. The molecule has 1 N–H and O–H groups in total. The lowest BCUT2D eigenvalue weighted by molar-refractivity contribution is 0.300. The molecule has 1 aromatic heterocycles. The maximum atomic E-state index is 4.94. The first-order valence-electron chi connectivity index (χ1n) is 8.77. The largest absolute Gasteiger partial charge is 0.327 e. The van der Waals surface area contributed by atoms with E-state index in [1.807, 2.05) is 0 Å². The van der Waals surface area contributed by atoms with Crippen LogP contribution in [0.4, 0.5) is 0 Å². The van der Waals surface area contributed by atoms with E-state index in [1.54, 1.807) is 0 Å². The van der Waals surface area contributed by atoms with Crippen LogP contribution in [0.5, 0.6) is 0 Å². The van der Waals surface area contributed by atoms with Gasteiger partial charge in [0.1, 0.15) is 5.82 Å². The first-order valence-corrected chi connectivity index (χ1v) is 8.77. The topological polar surface area (TPSA) is 33.1 Å². The van der Waals surface area contributed by atoms with Gasteiger partial charge in [0.25, 0.3) is 0 Å². The van der Waals surface area contributed by atoms with Gasteiger partial charge in [0.2, 0.25) is 0 Å². The molecular formula is C18H26N4. The van der Waals surface area contributed by atoms with Crippen LogP contribution in [0.15, 0.2) is 24.3 Å². The summed E-state index contributed by atoms with van der Waals surface area (Å²) < 4.78 is 2.49. The quantitative estimate of drug-likeness (QED) is 0.942. The second kappa shape index (κ2) is 6.39. The maximum Gasteiger partial charge on any atom is 0.124 e. The minimum atomic E-state index is 0.740. The first kappa shape index (κ1) is 14.2. The van der Waals surface area contributed by atoms with Crippen LogP contribution < -0.4 is 5.32 Å². The van der Waals surface area contributed by atoms with Crippen molar-refractivity contribution in [2.24, 2.45) is 5.92 Å². The fourth-order valence-corrected chi connectivity index (χ4v) is 3.93. The highest BCUT2D eigenvalue weighted by atomic mass is 15.2. The van der Waals surface area contributed by atoms with Gasteiger partial charge in [0.05, 0.1) is 17.6 Å². The van der Waals surface area contributed by atoms with Crippen LogP contribution in [0.3, 0.4) is 0 Å². The van der Waals surface area contributed by atoms with E-state index in [1.165, 1.54) is 56.7 Å². The average molecular weight is 298 g/mol. The molecule has 1 atom stereocenters. The molecule has 0 radical (unpaired) electrons. The Morgan fingerprint density at radius 2 is 2.00 bits per heavy atom. The Hall–Kier alpha value is -1.39. The van der Waals surface area contributed by atoms with Crippen molar-refractivity contribution in [2.45, 2.75) is 38.8 Å². The zero-order chi connectivity index (χ0) is 14.8. The Labute approximate surface area is 132 Å². The van der Waals surface area contributed by atoms with Crippen LogP contribution in [0.25, 0.3) is 11.0 Å². The fourth-order valence-electron chi connectivity index (χ4n) is 3.93. The minimum absolute atomic E-state index is 0.740. The predicted octanol–water partition coefficient (Wildman–Crippen LogP) is 2.63. The highest BCUT2D eigenvalue weighted by molar-refractivity contribution is 5.75. The third kappa shape index (κ3) is 2.90. The maximum absolute atomic E-state index is 4.94. The summed E-state index contributed by atoms with van der Waals surface area (Å²) in [6.07, 6.45) is 5.32. The normalized spacial score (nSPS) is 23.4. The molecule has 0 bridgehead atoms. The summed E-state index contributed by atoms with van der Waals surface area (Å²) in [5.74, 6) is 2.00. The Balaban J connectivity index is 1.63. The second-order valence-electron chi connectivity index (χ2n) is 6.82. The van der Waals surface area contributed by atoms with Crippen molar-refractivity contribution in [3.05, 3.63) is 30.1 Å². The number of piperidine rings is 1. The minimum Gasteiger partial charge on any atom is -0.327 e. The zero-order valence-electron chi connectivity index (χ0n) is 13.3. The third-order valence-corrected chi connectivity index (χ3v) is 5.14. The molecule has 1 unspecified atom stereocenters. The van der Waals surface area contributed by atoms with Crippen LogP contribution in [-0.4, -0.2) is 40.6 Å². The van der Waals surface area contributed by atoms with Gasteiger partial charge in [-0.2, -0.15) is 0 Å². The summed E-state index contributed by atoms with van der Waals surface area (Å²) in [4.78, 5) is 7.49. The molecule has 0 aliphatic carbocycles. The summed E-state index contributed by atoms with van der Waals surface area (Å²) >= 11 is 0. The molecule has 4 rings (SSSR count). The molecule has 2 fully saturated rings. The lowest BCUT2D eigenvalue weighted by Gasteiger charge is -2.25. The van der Waals surface area contributed by atoms with Crippen LogP contribution in [0.2, 0.25) is 0 Å². The van der Waals surface area contributed by atoms with Crippen LogP contribution >= 0.6 is 0 Å². The molecule has 2 saturated heterocycles. The molecule has 118 valence electrons. The van der Waals surface area contributed by atoms with Gasteiger partial charge in [-0.15, -0.1) is 0 Å². The molecule has 2 aliphatic heterocycles. The Kier molecular flexibility index (Phi) is 4.13. The van der Waals surface area contributed by atoms with Crippen molar-refractivity contribution in [1.29, 1.82) is 0 Å². The molecule has 1 aromatic carbocycles. The van der Waals surface area contributed by atoms with Gasteiger partial charge in [-0.25, -0.2) is 4.98 Å². The van der Waals surface area contributed by atoms with E-state index in [9.17, 15) is 0 Å². The van der Waals surface area contributed by atoms with Crippen molar-refractivity contribution < 1.29 is 0 Å². The number of imidazole rings is 1. The number of benzene rings is 1. The molecule has 22 heavy (non-hydrogen) atoms. The van der Waals surface area contributed by atoms with Gasteiger partial charge in [-0.1, -0.05) is 12.1 Å². The molecule has 0 amide bonds. The molecule has 2 aromatic rings. The van der Waals surface area contributed by atoms with Gasteiger partial charge in [-0.3, -0.25) is 4.90 Å². The summed E-state index contributed by atoms with van der Waals surface area (Å²) in [5.41, 5.74) is 2.46. The fraction of sp³-hybridized carbons (Fsp3) is 0.611. The van der Waals surface area contributed by atoms with Crippen LogP contribution in [0.1, 0.15) is 31.5 Å². The smallest absolute Gasteiger partial charge is 0.124 e. The van der Waals surface area contributed by atoms with Gasteiger partial charge < -0.3 is 9.88 Å². The Morgan fingerprint density at radius 3 is 2.82 bits per heavy atom. The highest BCUT2D eigenvalue weighted by Gasteiger charge is 2.20. The monoisotopic (exact) mass is 298 g/mol. The van der Waals surface area contributed by atoms with Crippen molar-refractivity contribution in [1.82, 2.24) is 19.8 Å². The molecule has 2 aliphatic rings. The standard InChI is InChI=1S/C18H26N4/c1-2-8-17-16(7-1)20-18(14-21-10-3-4-11-21)22(17)13-15-6-5-9-19-12-15/h1-2,7-8,15,19H,3-6,9-14H2. The summed E-state index contributed by atoms with van der Waals surface area (Å²) in [5, 5.41) is 3.54. The second-order valence-corrected chi connectivity index (χ2v) is 6.82. The number of para-hydroxylation sites is 2. The van der Waals surface area contributed by atoms with E-state index in [0.717, 1.165) is 31.1 Å². The van der Waals surface area contributed by atoms with Gasteiger partial charge >= 0.3 is 0 Å². The number of nitrogens with zero attached hydrogens (tertiary/aromatic N) is 3. The van der Waals surface area contributed by atoms with E-state index in [-0.39, 0.29) is 0 Å². The van der Waals surface area contributed by atoms with E-state index in [2.05, 4.69) is 39.0 Å². The van der Waals surface area contributed by atoms with Gasteiger partial charge in [0, 0.05) is 6.54 Å². The molecule has 4 nitrogen and oxygen atoms in total. The van der Waals surface area contributed by atoms with Gasteiger partial charge in [-0.05, 0) is 69.9 Å². The average Bonchev–Trinajstić information content (AvgIpc) is 3.18. The van der Waals surface area contributed by atoms with E-state index in [0.29, 0.717) is 0 Å². The van der Waals surface area contributed by atoms with Crippen LogP contribution in [0, 0.1) is 5.92 Å². The number of likely N-dealkylation sites (tertiary alicyclic amines) is 1. The number of aromatic nitrogens is 2. The molecular weight excluding hydrogens is 272 g/mol. The molecule has 3 heterocycles. The SMILES string of the molecule is c1ccc2c(c1)nc(CN1CCCC1)n2CC1CCCNC1. The first-order chi connectivity index (χ1) is 10.9. The Bertz CT molecular complexity index is 621. The van der Waals surface area contributed by atoms with Crippen molar-refractivity contribution in [2.75, 3.05) is 26.2 Å². The molecule has 4 heteroatoms. The summed E-state index contributed by atoms with van der Waals surface area (Å²) in [6.45, 7) is 6.91. The highest BCUT2D eigenvalue weighted by Crippen LogP contribution is 2.22. The van der Waals surface area contributed by atoms with Gasteiger partial charge in [0.15, 0.2) is 0 Å². The van der Waals surface area contributed by atoms with Crippen molar-refractivity contribution in [3.63, 3.8) is 0 Å². The number of fused-ring (bicyclic) bond motifs is 1. The van der Waals surface area contributed by atoms with E-state index < -0.39 is 0 Å². The van der Waals surface area contributed by atoms with E-state index >= 15 is 0 Å². The molecule has 0 spiro atoms. The number of hydrogen-bond acceptors (Lipinski definition) is 3. The lowest BCUT2D eigenvalue weighted by atomic mass is 9.99. The number of rotatable bonds is 4. The predicted molar refractivity (Wildman–Crippen MR) is 89.8 cm³/mol. The zero-order valence-corrected chi connectivity index (χ0v) is 13.3. The van der Waals surface area contributed by atoms with Crippen LogP contribution in [-0.2, 0) is 13.1 Å². The molecule has 0 saturated carbocycles. The van der Waals surface area contributed by atoms with E-state index in [4.69, 9.17) is 4.98 Å².